The summed E-state index contributed by atoms with van der Waals surface area (Å²) in [5, 5.41) is 0. The number of ether oxygens (including phenoxy) is 2. The Morgan fingerprint density at radius 3 is 2.42 bits per heavy atom. The molecule has 9 heteroatoms. The van der Waals surface area contributed by atoms with Gasteiger partial charge in [0.1, 0.15) is 5.75 Å². The number of methoxy groups -OCH3 is 1. The Hall–Kier alpha value is -1.32. The Kier molecular flexibility index (Phi) is 6.11. The van der Waals surface area contributed by atoms with Gasteiger partial charge < -0.3 is 14.4 Å². The maximum atomic E-state index is 12.9. The van der Waals surface area contributed by atoms with E-state index in [0.717, 1.165) is 0 Å². The van der Waals surface area contributed by atoms with Gasteiger partial charge in [0.2, 0.25) is 10.0 Å². The minimum absolute atomic E-state index is 0.236. The van der Waals surface area contributed by atoms with Crippen molar-refractivity contribution >= 4 is 32.0 Å². The van der Waals surface area contributed by atoms with Crippen molar-refractivity contribution < 1.29 is 22.7 Å². The predicted octanol–water partition coefficient (Wildman–Crippen LogP) is 2.23. The lowest BCUT2D eigenvalue weighted by Crippen LogP contribution is -2.50. The van der Waals surface area contributed by atoms with Crippen LogP contribution in [0.1, 0.15) is 12.5 Å². The van der Waals surface area contributed by atoms with Crippen LogP contribution >= 0.6 is 15.9 Å². The minimum atomic E-state index is -3.63. The average molecular weight is 421 g/mol. The van der Waals surface area contributed by atoms with Crippen LogP contribution in [-0.2, 0) is 14.8 Å². The maximum Gasteiger partial charge on any atom is 0.409 e. The van der Waals surface area contributed by atoms with E-state index in [1.807, 2.05) is 0 Å². The molecule has 1 heterocycles. The molecule has 7 nitrogen and oxygen atoms in total. The summed E-state index contributed by atoms with van der Waals surface area (Å²) >= 11 is 3.33. The lowest BCUT2D eigenvalue weighted by Gasteiger charge is -2.33. The average Bonchev–Trinajstić information content (AvgIpc) is 2.56. The third-order valence-corrected chi connectivity index (χ3v) is 6.49. The molecular weight excluding hydrogens is 400 g/mol. The van der Waals surface area contributed by atoms with Crippen molar-refractivity contribution in [2.75, 3.05) is 39.9 Å². The number of nitrogens with zero attached hydrogens (tertiary/aromatic N) is 2. The van der Waals surface area contributed by atoms with Crippen LogP contribution in [0.5, 0.6) is 5.75 Å². The van der Waals surface area contributed by atoms with Crippen LogP contribution in [0.25, 0.3) is 0 Å². The van der Waals surface area contributed by atoms with Gasteiger partial charge in [-0.3, -0.25) is 0 Å². The number of benzene rings is 1. The Morgan fingerprint density at radius 2 is 1.88 bits per heavy atom. The first-order valence-electron chi connectivity index (χ1n) is 7.57. The van der Waals surface area contributed by atoms with Gasteiger partial charge in [-0.15, -0.1) is 0 Å². The molecule has 0 atom stereocenters. The smallest absolute Gasteiger partial charge is 0.409 e. The van der Waals surface area contributed by atoms with Gasteiger partial charge in [-0.2, -0.15) is 4.31 Å². The molecule has 134 valence electrons. The largest absolute Gasteiger partial charge is 0.496 e. The highest BCUT2D eigenvalue weighted by Gasteiger charge is 2.32. The molecule has 0 bridgehead atoms. The van der Waals surface area contributed by atoms with Crippen LogP contribution in [-0.4, -0.2) is 63.6 Å². The molecule has 2 rings (SSSR count). The highest BCUT2D eigenvalue weighted by Crippen LogP contribution is 2.32. The summed E-state index contributed by atoms with van der Waals surface area (Å²) in [6, 6.07) is 3.24. The van der Waals surface area contributed by atoms with Gasteiger partial charge in [0.05, 0.1) is 23.1 Å². The van der Waals surface area contributed by atoms with Crippen molar-refractivity contribution in [3.05, 3.63) is 22.2 Å². The van der Waals surface area contributed by atoms with Gasteiger partial charge >= 0.3 is 6.09 Å². The van der Waals surface area contributed by atoms with E-state index in [2.05, 4.69) is 15.9 Å². The third kappa shape index (κ3) is 3.84. The Morgan fingerprint density at radius 1 is 1.25 bits per heavy atom. The first kappa shape index (κ1) is 19.0. The van der Waals surface area contributed by atoms with E-state index in [1.165, 1.54) is 16.3 Å². The van der Waals surface area contributed by atoms with E-state index in [9.17, 15) is 13.2 Å². The molecular formula is C15H21BrN2O5S. The Bertz CT molecular complexity index is 715. The number of carbonyl (C=O) groups excluding carboxylic acids is 1. The lowest BCUT2D eigenvalue weighted by atomic mass is 10.2. The number of carbonyl (C=O) groups is 1. The second-order valence-electron chi connectivity index (χ2n) is 5.34. The van der Waals surface area contributed by atoms with E-state index >= 15 is 0 Å². The molecule has 0 saturated carbocycles. The zero-order chi connectivity index (χ0) is 17.9. The van der Waals surface area contributed by atoms with E-state index in [4.69, 9.17) is 9.47 Å². The fourth-order valence-corrected chi connectivity index (χ4v) is 4.85. The summed E-state index contributed by atoms with van der Waals surface area (Å²) in [6.45, 7) is 4.88. The zero-order valence-corrected chi connectivity index (χ0v) is 16.3. The van der Waals surface area contributed by atoms with E-state index < -0.39 is 16.1 Å². The number of halogens is 1. The van der Waals surface area contributed by atoms with Crippen LogP contribution in [0, 0.1) is 6.92 Å². The fourth-order valence-electron chi connectivity index (χ4n) is 2.54. The van der Waals surface area contributed by atoms with Gasteiger partial charge in [0.25, 0.3) is 0 Å². The molecule has 0 N–H and O–H groups in total. The molecule has 1 aliphatic heterocycles. The topological polar surface area (TPSA) is 76.2 Å². The van der Waals surface area contributed by atoms with Crippen molar-refractivity contribution in [2.24, 2.45) is 0 Å². The number of aryl methyl sites for hydroxylation is 1. The number of sulfonamides is 1. The normalized spacial score (nSPS) is 16.1. The summed E-state index contributed by atoms with van der Waals surface area (Å²) in [6.07, 6.45) is -0.405. The van der Waals surface area contributed by atoms with Crippen LogP contribution in [0.2, 0.25) is 0 Å². The monoisotopic (exact) mass is 420 g/mol. The first-order chi connectivity index (χ1) is 11.3. The molecule has 0 spiro atoms. The predicted molar refractivity (Wildman–Crippen MR) is 92.8 cm³/mol. The third-order valence-electron chi connectivity index (χ3n) is 3.83. The van der Waals surface area contributed by atoms with Gasteiger partial charge in [-0.1, -0.05) is 0 Å². The van der Waals surface area contributed by atoms with E-state index in [0.29, 0.717) is 35.5 Å². The van der Waals surface area contributed by atoms with Crippen molar-refractivity contribution in [1.29, 1.82) is 0 Å². The number of amides is 1. The summed E-state index contributed by atoms with van der Waals surface area (Å²) in [7, 11) is -2.10. The summed E-state index contributed by atoms with van der Waals surface area (Å²) in [5.41, 5.74) is 0.614. The quantitative estimate of drug-likeness (QED) is 0.746. The van der Waals surface area contributed by atoms with Crippen LogP contribution in [0.15, 0.2) is 21.5 Å². The molecule has 1 aliphatic rings. The number of piperazine rings is 1. The van der Waals surface area contributed by atoms with E-state index in [-0.39, 0.29) is 18.0 Å². The highest BCUT2D eigenvalue weighted by atomic mass is 79.9. The summed E-state index contributed by atoms with van der Waals surface area (Å²) in [5.74, 6) is 0.582. The van der Waals surface area contributed by atoms with Gasteiger partial charge in [-0.25, -0.2) is 13.2 Å². The molecule has 1 aromatic rings. The first-order valence-corrected chi connectivity index (χ1v) is 9.80. The highest BCUT2D eigenvalue weighted by molar-refractivity contribution is 9.10. The standard InChI is InChI=1S/C15H21BrN2O5S/c1-4-23-15(19)17-5-7-18(8-6-17)24(20,21)14-10-12(16)13(22-3)9-11(14)2/h9-10H,4-8H2,1-3H3. The zero-order valence-electron chi connectivity index (χ0n) is 13.9. The Labute approximate surface area is 150 Å². The van der Waals surface area contributed by atoms with Crippen molar-refractivity contribution in [3.8, 4) is 5.75 Å². The molecule has 0 unspecified atom stereocenters. The molecule has 24 heavy (non-hydrogen) atoms. The van der Waals surface area contributed by atoms with Crippen LogP contribution in [0.3, 0.4) is 0 Å². The summed E-state index contributed by atoms with van der Waals surface area (Å²) < 4.78 is 37.9. The minimum Gasteiger partial charge on any atom is -0.496 e. The number of rotatable bonds is 4. The fraction of sp³-hybridized carbons (Fsp3) is 0.533. The van der Waals surface area contributed by atoms with Crippen LogP contribution in [0.4, 0.5) is 4.79 Å². The second kappa shape index (κ2) is 7.71. The molecule has 1 saturated heterocycles. The Balaban J connectivity index is 2.18. The molecule has 1 aromatic carbocycles. The van der Waals surface area contributed by atoms with Gasteiger partial charge in [0, 0.05) is 26.2 Å². The van der Waals surface area contributed by atoms with E-state index in [1.54, 1.807) is 26.0 Å². The number of hydrogen-bond acceptors (Lipinski definition) is 5. The molecule has 0 aromatic heterocycles. The molecule has 0 aliphatic carbocycles. The van der Waals surface area contributed by atoms with Crippen molar-refractivity contribution in [2.45, 2.75) is 18.7 Å². The van der Waals surface area contributed by atoms with Crippen LogP contribution < -0.4 is 4.74 Å². The van der Waals surface area contributed by atoms with Crippen molar-refractivity contribution in [1.82, 2.24) is 9.21 Å². The van der Waals surface area contributed by atoms with Gasteiger partial charge in [-0.05, 0) is 47.5 Å². The number of hydrogen-bond donors (Lipinski definition) is 0. The van der Waals surface area contributed by atoms with Gasteiger partial charge in [0.15, 0.2) is 0 Å². The molecule has 1 fully saturated rings. The maximum absolute atomic E-state index is 12.9. The van der Waals surface area contributed by atoms with Crippen molar-refractivity contribution in [3.63, 3.8) is 0 Å². The SMILES string of the molecule is CCOC(=O)N1CCN(S(=O)(=O)c2cc(Br)c(OC)cc2C)CC1. The second-order valence-corrected chi connectivity index (χ2v) is 8.10. The molecule has 0 radical (unpaired) electrons. The lowest BCUT2D eigenvalue weighted by molar-refractivity contribution is 0.0934. The summed E-state index contributed by atoms with van der Waals surface area (Å²) in [4.78, 5) is 13.5. The molecule has 1 amide bonds.